The SMILES string of the molecule is CC(C)OCC(C)(C)NCc1ccccc1. The molecule has 0 aliphatic carbocycles. The van der Waals surface area contributed by atoms with Gasteiger partial charge in [-0.25, -0.2) is 0 Å². The summed E-state index contributed by atoms with van der Waals surface area (Å²) in [5.74, 6) is 0. The molecular formula is C14H23NO. The van der Waals surface area contributed by atoms with Crippen molar-refractivity contribution < 1.29 is 4.74 Å². The normalized spacial score (nSPS) is 12.1. The first kappa shape index (κ1) is 13.2. The second-order valence-corrected chi connectivity index (χ2v) is 5.08. The topological polar surface area (TPSA) is 21.3 Å². The summed E-state index contributed by atoms with van der Waals surface area (Å²) in [6.45, 7) is 10.1. The zero-order valence-corrected chi connectivity index (χ0v) is 10.8. The minimum absolute atomic E-state index is 0.0140. The lowest BCUT2D eigenvalue weighted by Crippen LogP contribution is -2.43. The Hall–Kier alpha value is -0.860. The Bertz CT molecular complexity index is 293. The predicted octanol–water partition coefficient (Wildman–Crippen LogP) is 2.98. The lowest BCUT2D eigenvalue weighted by molar-refractivity contribution is 0.0381. The number of nitrogens with one attached hydrogen (secondary N) is 1. The molecule has 0 atom stereocenters. The Morgan fingerprint density at radius 2 is 1.81 bits per heavy atom. The number of ether oxygens (including phenoxy) is 1. The van der Waals surface area contributed by atoms with Crippen molar-refractivity contribution in [2.75, 3.05) is 6.61 Å². The molecule has 0 amide bonds. The summed E-state index contributed by atoms with van der Waals surface area (Å²) >= 11 is 0. The first-order chi connectivity index (χ1) is 7.49. The molecule has 0 saturated carbocycles. The van der Waals surface area contributed by atoms with E-state index in [9.17, 15) is 0 Å². The number of rotatable bonds is 6. The lowest BCUT2D eigenvalue weighted by atomic mass is 10.1. The van der Waals surface area contributed by atoms with Crippen LogP contribution in [-0.4, -0.2) is 18.2 Å². The van der Waals surface area contributed by atoms with E-state index in [2.05, 4.69) is 57.3 Å². The molecule has 0 spiro atoms. The van der Waals surface area contributed by atoms with Crippen molar-refractivity contribution in [2.45, 2.75) is 45.9 Å². The molecule has 0 radical (unpaired) electrons. The summed E-state index contributed by atoms with van der Waals surface area (Å²) in [4.78, 5) is 0. The average Bonchev–Trinajstić information content (AvgIpc) is 2.26. The zero-order chi connectivity index (χ0) is 12.0. The van der Waals surface area contributed by atoms with Crippen molar-refractivity contribution in [1.29, 1.82) is 0 Å². The first-order valence-electron chi connectivity index (χ1n) is 5.90. The van der Waals surface area contributed by atoms with Crippen LogP contribution in [0, 0.1) is 0 Å². The second-order valence-electron chi connectivity index (χ2n) is 5.08. The molecule has 1 aromatic carbocycles. The second kappa shape index (κ2) is 6.02. The molecule has 0 fully saturated rings. The van der Waals surface area contributed by atoms with Gasteiger partial charge in [0.2, 0.25) is 0 Å². The Labute approximate surface area is 99.0 Å². The van der Waals surface area contributed by atoms with Crippen LogP contribution in [0.4, 0.5) is 0 Å². The van der Waals surface area contributed by atoms with E-state index in [4.69, 9.17) is 4.74 Å². The molecule has 1 rings (SSSR count). The van der Waals surface area contributed by atoms with Gasteiger partial charge in [-0.05, 0) is 33.3 Å². The van der Waals surface area contributed by atoms with E-state index in [0.717, 1.165) is 13.2 Å². The molecule has 0 bridgehead atoms. The van der Waals surface area contributed by atoms with Gasteiger partial charge in [0.1, 0.15) is 0 Å². The molecule has 1 N–H and O–H groups in total. The Balaban J connectivity index is 2.36. The van der Waals surface area contributed by atoms with Crippen LogP contribution in [0.15, 0.2) is 30.3 Å². The summed E-state index contributed by atoms with van der Waals surface area (Å²) in [7, 11) is 0. The van der Waals surface area contributed by atoms with Crippen LogP contribution in [0.5, 0.6) is 0 Å². The molecule has 0 unspecified atom stereocenters. The van der Waals surface area contributed by atoms with Crippen LogP contribution in [0.2, 0.25) is 0 Å². The van der Waals surface area contributed by atoms with Crippen molar-refractivity contribution in [1.82, 2.24) is 5.32 Å². The molecule has 2 heteroatoms. The smallest absolute Gasteiger partial charge is 0.0646 e. The first-order valence-corrected chi connectivity index (χ1v) is 5.90. The molecular weight excluding hydrogens is 198 g/mol. The van der Waals surface area contributed by atoms with Gasteiger partial charge in [-0.3, -0.25) is 0 Å². The zero-order valence-electron chi connectivity index (χ0n) is 10.8. The van der Waals surface area contributed by atoms with Gasteiger partial charge in [0.05, 0.1) is 12.7 Å². The third-order valence-electron chi connectivity index (χ3n) is 2.39. The van der Waals surface area contributed by atoms with Crippen LogP contribution in [-0.2, 0) is 11.3 Å². The molecule has 0 aliphatic rings. The molecule has 0 aromatic heterocycles. The summed E-state index contributed by atoms with van der Waals surface area (Å²) in [6.07, 6.45) is 0.290. The van der Waals surface area contributed by atoms with Crippen molar-refractivity contribution in [2.24, 2.45) is 0 Å². The molecule has 1 aromatic rings. The van der Waals surface area contributed by atoms with Gasteiger partial charge in [0.15, 0.2) is 0 Å². The van der Waals surface area contributed by atoms with Crippen LogP contribution >= 0.6 is 0 Å². The fraction of sp³-hybridized carbons (Fsp3) is 0.571. The molecule has 0 aliphatic heterocycles. The molecule has 0 saturated heterocycles. The van der Waals surface area contributed by atoms with Crippen molar-refractivity contribution in [3.8, 4) is 0 Å². The maximum atomic E-state index is 5.63. The van der Waals surface area contributed by atoms with Gasteiger partial charge in [0, 0.05) is 12.1 Å². The van der Waals surface area contributed by atoms with Gasteiger partial charge in [-0.2, -0.15) is 0 Å². The standard InChI is InChI=1S/C14H23NO/c1-12(2)16-11-14(3,4)15-10-13-8-6-5-7-9-13/h5-9,12,15H,10-11H2,1-4H3. The van der Waals surface area contributed by atoms with Gasteiger partial charge < -0.3 is 10.1 Å². The lowest BCUT2D eigenvalue weighted by Gasteiger charge is -2.27. The minimum atomic E-state index is 0.0140. The molecule has 0 heterocycles. The highest BCUT2D eigenvalue weighted by Crippen LogP contribution is 2.07. The third kappa shape index (κ3) is 5.29. The summed E-state index contributed by atoms with van der Waals surface area (Å²) in [6, 6.07) is 10.4. The fourth-order valence-corrected chi connectivity index (χ4v) is 1.36. The predicted molar refractivity (Wildman–Crippen MR) is 68.4 cm³/mol. The summed E-state index contributed by atoms with van der Waals surface area (Å²) in [5, 5.41) is 3.51. The Morgan fingerprint density at radius 1 is 1.19 bits per heavy atom. The van der Waals surface area contributed by atoms with E-state index in [1.54, 1.807) is 0 Å². The van der Waals surface area contributed by atoms with E-state index in [0.29, 0.717) is 0 Å². The van der Waals surface area contributed by atoms with Crippen LogP contribution in [0.25, 0.3) is 0 Å². The van der Waals surface area contributed by atoms with Crippen LogP contribution in [0.3, 0.4) is 0 Å². The highest BCUT2D eigenvalue weighted by Gasteiger charge is 2.17. The van der Waals surface area contributed by atoms with Gasteiger partial charge >= 0.3 is 0 Å². The summed E-state index contributed by atoms with van der Waals surface area (Å²) in [5.41, 5.74) is 1.32. The number of benzene rings is 1. The van der Waals surface area contributed by atoms with E-state index >= 15 is 0 Å². The van der Waals surface area contributed by atoms with E-state index < -0.39 is 0 Å². The quantitative estimate of drug-likeness (QED) is 0.797. The van der Waals surface area contributed by atoms with Crippen LogP contribution < -0.4 is 5.32 Å². The van der Waals surface area contributed by atoms with Crippen molar-refractivity contribution in [3.05, 3.63) is 35.9 Å². The molecule has 2 nitrogen and oxygen atoms in total. The monoisotopic (exact) mass is 221 g/mol. The third-order valence-corrected chi connectivity index (χ3v) is 2.39. The number of hydrogen-bond acceptors (Lipinski definition) is 2. The van der Waals surface area contributed by atoms with Crippen molar-refractivity contribution in [3.63, 3.8) is 0 Å². The van der Waals surface area contributed by atoms with Gasteiger partial charge in [-0.15, -0.1) is 0 Å². The van der Waals surface area contributed by atoms with Gasteiger partial charge in [-0.1, -0.05) is 30.3 Å². The van der Waals surface area contributed by atoms with E-state index in [1.165, 1.54) is 5.56 Å². The largest absolute Gasteiger partial charge is 0.377 e. The van der Waals surface area contributed by atoms with Crippen molar-refractivity contribution >= 4 is 0 Å². The average molecular weight is 221 g/mol. The Kier molecular flexibility index (Phi) is 4.97. The highest BCUT2D eigenvalue weighted by molar-refractivity contribution is 5.14. The molecule has 90 valence electrons. The van der Waals surface area contributed by atoms with E-state index in [1.807, 2.05) is 6.07 Å². The van der Waals surface area contributed by atoms with Gasteiger partial charge in [0.25, 0.3) is 0 Å². The molecule has 16 heavy (non-hydrogen) atoms. The minimum Gasteiger partial charge on any atom is -0.377 e. The maximum Gasteiger partial charge on any atom is 0.0646 e. The fourth-order valence-electron chi connectivity index (χ4n) is 1.36. The maximum absolute atomic E-state index is 5.63. The Morgan fingerprint density at radius 3 is 2.38 bits per heavy atom. The van der Waals surface area contributed by atoms with Crippen LogP contribution in [0.1, 0.15) is 33.3 Å². The highest BCUT2D eigenvalue weighted by atomic mass is 16.5. The van der Waals surface area contributed by atoms with E-state index in [-0.39, 0.29) is 11.6 Å². The number of hydrogen-bond donors (Lipinski definition) is 1. The summed E-state index contributed by atoms with van der Waals surface area (Å²) < 4.78 is 5.63.